The monoisotopic (exact) mass is 333 g/mol. The van der Waals surface area contributed by atoms with Gasteiger partial charge < -0.3 is 4.90 Å². The van der Waals surface area contributed by atoms with Gasteiger partial charge in [0.2, 0.25) is 0 Å². The maximum absolute atomic E-state index is 2.36. The van der Waals surface area contributed by atoms with E-state index in [1.807, 2.05) is 11.3 Å². The van der Waals surface area contributed by atoms with Crippen LogP contribution in [-0.4, -0.2) is 25.5 Å². The van der Waals surface area contributed by atoms with Crippen LogP contribution >= 0.6 is 23.7 Å². The van der Waals surface area contributed by atoms with Gasteiger partial charge in [0.25, 0.3) is 0 Å². The Balaban J connectivity index is 0.00000144. The number of likely N-dealkylation sites (N-methyl/N-ethyl adjacent to an activating group) is 1. The molecule has 0 amide bonds. The Labute approximate surface area is 143 Å². The van der Waals surface area contributed by atoms with Crippen LogP contribution in [0.15, 0.2) is 35.2 Å². The van der Waals surface area contributed by atoms with Gasteiger partial charge in [-0.3, -0.25) is 0 Å². The SMILES string of the molecule is CN(C)CC1=C(c2cccc3ccsc23)[C@@H]2CC[C@@H](C1)C2.Cl. The third-order valence-electron chi connectivity index (χ3n) is 5.14. The quantitative estimate of drug-likeness (QED) is 0.721. The van der Waals surface area contributed by atoms with Crippen LogP contribution in [0.4, 0.5) is 0 Å². The Morgan fingerprint density at radius 2 is 2.05 bits per heavy atom. The van der Waals surface area contributed by atoms with Crippen molar-refractivity contribution in [2.24, 2.45) is 11.8 Å². The van der Waals surface area contributed by atoms with Gasteiger partial charge in [0.15, 0.2) is 0 Å². The molecule has 0 spiro atoms. The number of halogens is 1. The molecule has 1 nitrogen and oxygen atoms in total. The first-order chi connectivity index (χ1) is 10.2. The fourth-order valence-corrected chi connectivity index (χ4v) is 5.34. The smallest absolute Gasteiger partial charge is 0.0417 e. The van der Waals surface area contributed by atoms with Crippen LogP contribution in [0.3, 0.4) is 0 Å². The highest BCUT2D eigenvalue weighted by Crippen LogP contribution is 2.50. The summed E-state index contributed by atoms with van der Waals surface area (Å²) in [5.74, 6) is 1.77. The number of benzene rings is 1. The standard InChI is InChI=1S/C19H23NS.ClH/c1-20(2)12-16-11-13-6-7-15(10-13)18(16)17-5-3-4-14-8-9-21-19(14)17;/h3-5,8-9,13,15H,6-7,10-12H2,1-2H3;1H/t13-,15-;/m1./s1. The Bertz CT molecular complexity index is 700. The first-order valence-electron chi connectivity index (χ1n) is 8.05. The van der Waals surface area contributed by atoms with E-state index >= 15 is 0 Å². The normalized spacial score (nSPS) is 24.1. The Morgan fingerprint density at radius 1 is 1.18 bits per heavy atom. The molecule has 1 fully saturated rings. The minimum absolute atomic E-state index is 0. The molecule has 1 aromatic heterocycles. The van der Waals surface area contributed by atoms with Crippen molar-refractivity contribution >= 4 is 39.4 Å². The van der Waals surface area contributed by atoms with Crippen LogP contribution < -0.4 is 0 Å². The molecule has 1 heterocycles. The van der Waals surface area contributed by atoms with Crippen molar-refractivity contribution in [3.05, 3.63) is 40.8 Å². The van der Waals surface area contributed by atoms with Gasteiger partial charge in [-0.05, 0) is 79.6 Å². The summed E-state index contributed by atoms with van der Waals surface area (Å²) in [6, 6.07) is 9.12. The molecule has 118 valence electrons. The van der Waals surface area contributed by atoms with Crippen LogP contribution in [-0.2, 0) is 0 Å². The molecule has 1 aromatic carbocycles. The highest BCUT2D eigenvalue weighted by molar-refractivity contribution is 7.17. The van der Waals surface area contributed by atoms with E-state index < -0.39 is 0 Å². The highest BCUT2D eigenvalue weighted by atomic mass is 35.5. The summed E-state index contributed by atoms with van der Waals surface area (Å²) in [6.07, 6.45) is 5.59. The van der Waals surface area contributed by atoms with Gasteiger partial charge >= 0.3 is 0 Å². The van der Waals surface area contributed by atoms with Crippen molar-refractivity contribution in [2.75, 3.05) is 20.6 Å². The topological polar surface area (TPSA) is 3.24 Å². The molecule has 0 N–H and O–H groups in total. The van der Waals surface area contributed by atoms with Crippen molar-refractivity contribution in [1.29, 1.82) is 0 Å². The van der Waals surface area contributed by atoms with Gasteiger partial charge in [0, 0.05) is 11.2 Å². The van der Waals surface area contributed by atoms with Gasteiger partial charge in [-0.2, -0.15) is 0 Å². The van der Waals surface area contributed by atoms with E-state index in [9.17, 15) is 0 Å². The van der Waals surface area contributed by atoms with Crippen molar-refractivity contribution in [3.63, 3.8) is 0 Å². The predicted octanol–water partition coefficient (Wildman–Crippen LogP) is 5.46. The number of nitrogens with zero attached hydrogens (tertiary/aromatic N) is 1. The molecule has 2 bridgehead atoms. The summed E-state index contributed by atoms with van der Waals surface area (Å²) in [7, 11) is 4.40. The second kappa shape index (κ2) is 6.35. The molecule has 0 aliphatic heterocycles. The second-order valence-corrected chi connectivity index (χ2v) is 7.90. The van der Waals surface area contributed by atoms with E-state index in [0.717, 1.165) is 18.4 Å². The van der Waals surface area contributed by atoms with E-state index in [0.29, 0.717) is 0 Å². The van der Waals surface area contributed by atoms with E-state index in [1.54, 1.807) is 11.1 Å². The number of rotatable bonds is 3. The molecular weight excluding hydrogens is 310 g/mol. The lowest BCUT2D eigenvalue weighted by atomic mass is 9.79. The fraction of sp³-hybridized carbons (Fsp3) is 0.474. The third-order valence-corrected chi connectivity index (χ3v) is 6.11. The zero-order chi connectivity index (χ0) is 14.4. The maximum atomic E-state index is 2.36. The van der Waals surface area contributed by atoms with Crippen LogP contribution in [0.5, 0.6) is 0 Å². The Kier molecular flexibility index (Phi) is 4.63. The minimum atomic E-state index is 0. The molecule has 0 radical (unpaired) electrons. The second-order valence-electron chi connectivity index (χ2n) is 6.98. The summed E-state index contributed by atoms with van der Waals surface area (Å²) in [5.41, 5.74) is 4.94. The maximum Gasteiger partial charge on any atom is 0.0417 e. The average Bonchev–Trinajstić information content (AvgIpc) is 3.05. The summed E-state index contributed by atoms with van der Waals surface area (Å²) >= 11 is 1.91. The molecule has 0 unspecified atom stereocenters. The first-order valence-corrected chi connectivity index (χ1v) is 8.93. The van der Waals surface area contributed by atoms with Gasteiger partial charge in [0.05, 0.1) is 0 Å². The van der Waals surface area contributed by atoms with Crippen LogP contribution in [0.25, 0.3) is 15.7 Å². The van der Waals surface area contributed by atoms with Crippen LogP contribution in [0.1, 0.15) is 31.2 Å². The molecule has 22 heavy (non-hydrogen) atoms. The summed E-state index contributed by atoms with van der Waals surface area (Å²) < 4.78 is 1.49. The predicted molar refractivity (Wildman–Crippen MR) is 100.0 cm³/mol. The summed E-state index contributed by atoms with van der Waals surface area (Å²) in [6.45, 7) is 1.13. The first kappa shape index (κ1) is 16.0. The lowest BCUT2D eigenvalue weighted by Gasteiger charge is -2.29. The van der Waals surface area contributed by atoms with Crippen LogP contribution in [0.2, 0.25) is 0 Å². The molecule has 3 heteroatoms. The van der Waals surface area contributed by atoms with E-state index in [1.165, 1.54) is 41.3 Å². The molecule has 1 saturated carbocycles. The number of allylic oxidation sites excluding steroid dienone is 1. The average molecular weight is 334 g/mol. The van der Waals surface area contributed by atoms with Crippen molar-refractivity contribution in [3.8, 4) is 0 Å². The number of fused-ring (bicyclic) bond motifs is 3. The number of hydrogen-bond acceptors (Lipinski definition) is 2. The third kappa shape index (κ3) is 2.73. The van der Waals surface area contributed by atoms with Crippen molar-refractivity contribution in [1.82, 2.24) is 4.90 Å². The number of thiophene rings is 1. The van der Waals surface area contributed by atoms with Gasteiger partial charge in [-0.1, -0.05) is 23.8 Å². The van der Waals surface area contributed by atoms with Gasteiger partial charge in [-0.15, -0.1) is 23.7 Å². The summed E-state index contributed by atoms with van der Waals surface area (Å²) in [4.78, 5) is 2.34. The highest BCUT2D eigenvalue weighted by Gasteiger charge is 2.35. The van der Waals surface area contributed by atoms with Crippen molar-refractivity contribution in [2.45, 2.75) is 25.7 Å². The Hall–Kier alpha value is -0.830. The lowest BCUT2D eigenvalue weighted by Crippen LogP contribution is -2.21. The summed E-state index contributed by atoms with van der Waals surface area (Å²) in [5, 5.41) is 3.65. The molecule has 2 aliphatic carbocycles. The van der Waals surface area contributed by atoms with Gasteiger partial charge in [0.1, 0.15) is 0 Å². The molecule has 2 atom stereocenters. The molecular formula is C19H24ClNS. The lowest BCUT2D eigenvalue weighted by molar-refractivity contribution is 0.413. The number of hydrogen-bond donors (Lipinski definition) is 0. The largest absolute Gasteiger partial charge is 0.305 e. The molecule has 4 rings (SSSR count). The van der Waals surface area contributed by atoms with Gasteiger partial charge in [-0.25, -0.2) is 0 Å². The Morgan fingerprint density at radius 3 is 2.86 bits per heavy atom. The van der Waals surface area contributed by atoms with Crippen molar-refractivity contribution < 1.29 is 0 Å². The minimum Gasteiger partial charge on any atom is -0.305 e. The zero-order valence-electron chi connectivity index (χ0n) is 13.3. The van der Waals surface area contributed by atoms with E-state index in [2.05, 4.69) is 48.6 Å². The van der Waals surface area contributed by atoms with E-state index in [4.69, 9.17) is 0 Å². The van der Waals surface area contributed by atoms with E-state index in [-0.39, 0.29) is 12.4 Å². The molecule has 0 saturated heterocycles. The molecule has 2 aliphatic rings. The fourth-order valence-electron chi connectivity index (χ4n) is 4.42. The zero-order valence-corrected chi connectivity index (χ0v) is 15.0. The molecule has 2 aromatic rings. The van der Waals surface area contributed by atoms with Crippen LogP contribution in [0, 0.1) is 11.8 Å².